The molecule has 0 aliphatic rings. The molecule has 0 radical (unpaired) electrons. The van der Waals surface area contributed by atoms with Crippen LogP contribution in [0, 0.1) is 6.92 Å². The zero-order valence-electron chi connectivity index (χ0n) is 18.8. The molecule has 6 heteroatoms. The van der Waals surface area contributed by atoms with E-state index in [0.29, 0.717) is 11.5 Å². The van der Waals surface area contributed by atoms with Crippen molar-refractivity contribution in [1.82, 2.24) is 15.5 Å². The largest absolute Gasteiger partial charge is 0.455 e. The fourth-order valence-electron chi connectivity index (χ4n) is 3.39. The maximum Gasteiger partial charge on any atom is 0.287 e. The normalized spacial score (nSPS) is 11.8. The molecule has 0 unspecified atom stereocenters. The van der Waals surface area contributed by atoms with Crippen LogP contribution < -0.4 is 5.32 Å². The number of hydrogen-bond donors (Lipinski definition) is 1. The van der Waals surface area contributed by atoms with Crippen molar-refractivity contribution in [1.29, 1.82) is 0 Å². The van der Waals surface area contributed by atoms with E-state index in [9.17, 15) is 4.79 Å². The van der Waals surface area contributed by atoms with Crippen molar-refractivity contribution in [3.05, 3.63) is 102 Å². The number of aryl methyl sites for hydroxylation is 2. The summed E-state index contributed by atoms with van der Waals surface area (Å²) in [5.41, 5.74) is 4.37. The van der Waals surface area contributed by atoms with E-state index in [2.05, 4.69) is 46.7 Å². The number of rotatable bonds is 9. The van der Waals surface area contributed by atoms with E-state index in [1.165, 1.54) is 22.9 Å². The molecule has 4 rings (SSSR count). The summed E-state index contributed by atoms with van der Waals surface area (Å²) in [5.74, 6) is 1.45. The number of furan rings is 1. The highest BCUT2D eigenvalue weighted by Crippen LogP contribution is 2.24. The van der Waals surface area contributed by atoms with Crippen LogP contribution in [0.2, 0.25) is 0 Å². The number of carbonyl (C=O) groups excluding carboxylic acids is 1. The van der Waals surface area contributed by atoms with Gasteiger partial charge in [-0.05, 0) is 56.5 Å². The van der Waals surface area contributed by atoms with Gasteiger partial charge in [0.15, 0.2) is 5.76 Å². The van der Waals surface area contributed by atoms with Gasteiger partial charge in [-0.3, -0.25) is 4.79 Å². The maximum atomic E-state index is 12.5. The van der Waals surface area contributed by atoms with Gasteiger partial charge < -0.3 is 9.73 Å². The Morgan fingerprint density at radius 2 is 1.76 bits per heavy atom. The Labute approximate surface area is 198 Å². The highest BCUT2D eigenvalue weighted by Gasteiger charge is 2.14. The summed E-state index contributed by atoms with van der Waals surface area (Å²) in [5, 5.41) is 12.5. The highest BCUT2D eigenvalue weighted by molar-refractivity contribution is 7.98. The Kier molecular flexibility index (Phi) is 7.58. The Morgan fingerprint density at radius 3 is 2.48 bits per heavy atom. The van der Waals surface area contributed by atoms with Gasteiger partial charge in [0.25, 0.3) is 5.91 Å². The molecule has 0 aliphatic carbocycles. The lowest BCUT2D eigenvalue weighted by atomic mass is 10.1. The fourth-order valence-corrected chi connectivity index (χ4v) is 4.10. The third kappa shape index (κ3) is 6.56. The molecule has 2 aromatic heterocycles. The molecule has 1 N–H and O–H groups in total. The fraction of sp³-hybridized carbons (Fsp3) is 0.222. The van der Waals surface area contributed by atoms with Crippen molar-refractivity contribution in [2.45, 2.75) is 43.5 Å². The average molecular weight is 458 g/mol. The molecule has 2 aromatic carbocycles. The molecular formula is C27H27N3O2S. The molecule has 2 heterocycles. The first-order chi connectivity index (χ1) is 16.1. The monoisotopic (exact) mass is 457 g/mol. The third-order valence-electron chi connectivity index (χ3n) is 5.32. The number of carbonyl (C=O) groups is 1. The molecular weight excluding hydrogens is 430 g/mol. The van der Waals surface area contributed by atoms with Crippen LogP contribution in [0.1, 0.15) is 40.8 Å². The predicted molar refractivity (Wildman–Crippen MR) is 132 cm³/mol. The van der Waals surface area contributed by atoms with E-state index in [-0.39, 0.29) is 11.9 Å². The van der Waals surface area contributed by atoms with Crippen LogP contribution >= 0.6 is 11.8 Å². The van der Waals surface area contributed by atoms with Crippen molar-refractivity contribution < 1.29 is 9.21 Å². The van der Waals surface area contributed by atoms with E-state index in [1.807, 2.05) is 55.5 Å². The minimum absolute atomic E-state index is 0.0583. The lowest BCUT2D eigenvalue weighted by molar-refractivity contribution is 0.0909. The minimum atomic E-state index is -0.186. The van der Waals surface area contributed by atoms with Gasteiger partial charge in [-0.25, -0.2) is 0 Å². The van der Waals surface area contributed by atoms with Crippen LogP contribution in [0.4, 0.5) is 0 Å². The van der Waals surface area contributed by atoms with Gasteiger partial charge in [0.2, 0.25) is 0 Å². The van der Waals surface area contributed by atoms with Gasteiger partial charge in [0, 0.05) is 11.6 Å². The second-order valence-electron chi connectivity index (χ2n) is 8.08. The Balaban J connectivity index is 1.26. The lowest BCUT2D eigenvalue weighted by Crippen LogP contribution is -2.32. The van der Waals surface area contributed by atoms with E-state index >= 15 is 0 Å². The van der Waals surface area contributed by atoms with Crippen LogP contribution in [0.3, 0.4) is 0 Å². The summed E-state index contributed by atoms with van der Waals surface area (Å²) in [4.78, 5) is 12.5. The van der Waals surface area contributed by atoms with Crippen molar-refractivity contribution in [3.8, 4) is 11.3 Å². The van der Waals surface area contributed by atoms with Gasteiger partial charge in [0.1, 0.15) is 10.8 Å². The molecule has 5 nitrogen and oxygen atoms in total. The molecule has 1 atom stereocenters. The molecule has 0 spiro atoms. The number of nitrogens with zero attached hydrogens (tertiary/aromatic N) is 2. The molecule has 4 aromatic rings. The first kappa shape index (κ1) is 22.8. The van der Waals surface area contributed by atoms with Crippen molar-refractivity contribution >= 4 is 17.7 Å². The molecule has 0 saturated carbocycles. The van der Waals surface area contributed by atoms with Crippen molar-refractivity contribution in [3.63, 3.8) is 0 Å². The van der Waals surface area contributed by atoms with Crippen LogP contribution in [-0.4, -0.2) is 22.1 Å². The average Bonchev–Trinajstić information content (AvgIpc) is 3.32. The lowest BCUT2D eigenvalue weighted by Gasteiger charge is -2.12. The Hall–Kier alpha value is -3.38. The zero-order chi connectivity index (χ0) is 23.0. The molecule has 0 aliphatic heterocycles. The smallest absolute Gasteiger partial charge is 0.287 e. The van der Waals surface area contributed by atoms with Crippen LogP contribution in [0.25, 0.3) is 11.3 Å². The maximum absolute atomic E-state index is 12.5. The Morgan fingerprint density at radius 1 is 0.970 bits per heavy atom. The SMILES string of the molecule is Cc1ccc(-c2ccc(SCc3ccc(C(=O)N[C@@H](C)CCc4ccccc4)o3)nn2)cc1. The van der Waals surface area contributed by atoms with E-state index < -0.39 is 0 Å². The van der Waals surface area contributed by atoms with Crippen LogP contribution in [0.5, 0.6) is 0 Å². The second-order valence-corrected chi connectivity index (χ2v) is 9.07. The second kappa shape index (κ2) is 11.0. The first-order valence-electron chi connectivity index (χ1n) is 11.0. The number of aromatic nitrogens is 2. The Bertz CT molecular complexity index is 1170. The van der Waals surface area contributed by atoms with Gasteiger partial charge in [-0.15, -0.1) is 10.2 Å². The summed E-state index contributed by atoms with van der Waals surface area (Å²) in [6, 6.07) is 26.0. The quantitative estimate of drug-likeness (QED) is 0.308. The van der Waals surface area contributed by atoms with E-state index in [1.54, 1.807) is 6.07 Å². The topological polar surface area (TPSA) is 68.0 Å². The molecule has 1 amide bonds. The van der Waals surface area contributed by atoms with E-state index in [0.717, 1.165) is 34.9 Å². The molecule has 0 fully saturated rings. The highest BCUT2D eigenvalue weighted by atomic mass is 32.2. The van der Waals surface area contributed by atoms with Gasteiger partial charge in [0.05, 0.1) is 11.4 Å². The van der Waals surface area contributed by atoms with Gasteiger partial charge in [-0.2, -0.15) is 0 Å². The molecule has 0 saturated heterocycles. The van der Waals surface area contributed by atoms with Crippen LogP contribution in [0.15, 0.2) is 88.3 Å². The minimum Gasteiger partial charge on any atom is -0.455 e. The summed E-state index contributed by atoms with van der Waals surface area (Å²) in [7, 11) is 0. The first-order valence-corrected chi connectivity index (χ1v) is 12.0. The van der Waals surface area contributed by atoms with Gasteiger partial charge in [-0.1, -0.05) is 71.9 Å². The van der Waals surface area contributed by atoms with Crippen molar-refractivity contribution in [2.24, 2.45) is 0 Å². The molecule has 168 valence electrons. The zero-order valence-corrected chi connectivity index (χ0v) is 19.6. The predicted octanol–water partition coefficient (Wildman–Crippen LogP) is 6.09. The number of benzene rings is 2. The summed E-state index contributed by atoms with van der Waals surface area (Å²) in [6.45, 7) is 4.07. The number of amides is 1. The number of hydrogen-bond acceptors (Lipinski definition) is 5. The summed E-state index contributed by atoms with van der Waals surface area (Å²) < 4.78 is 5.75. The molecule has 0 bridgehead atoms. The molecule has 33 heavy (non-hydrogen) atoms. The van der Waals surface area contributed by atoms with Gasteiger partial charge >= 0.3 is 0 Å². The number of nitrogens with one attached hydrogen (secondary N) is 1. The standard InChI is InChI=1S/C27H27N3O2S/c1-19-8-12-22(13-9-19)24-15-17-26(30-29-24)33-18-23-14-16-25(32-23)27(31)28-20(2)10-11-21-6-4-3-5-7-21/h3-9,12-17,20H,10-11,18H2,1-2H3,(H,28,31)/t20-/m0/s1. The summed E-state index contributed by atoms with van der Waals surface area (Å²) >= 11 is 1.53. The summed E-state index contributed by atoms with van der Waals surface area (Å²) in [6.07, 6.45) is 1.79. The van der Waals surface area contributed by atoms with E-state index in [4.69, 9.17) is 4.42 Å². The van der Waals surface area contributed by atoms with Crippen LogP contribution in [-0.2, 0) is 12.2 Å². The third-order valence-corrected chi connectivity index (χ3v) is 6.26. The van der Waals surface area contributed by atoms with Crippen molar-refractivity contribution in [2.75, 3.05) is 0 Å². The number of thioether (sulfide) groups is 1.